The molecule has 4 rings (SSSR count). The number of nitrogens with one attached hydrogen (secondary N) is 2. The predicted octanol–water partition coefficient (Wildman–Crippen LogP) is 1.01. The van der Waals surface area contributed by atoms with E-state index in [1.165, 1.54) is 5.01 Å². The Labute approximate surface area is 167 Å². The van der Waals surface area contributed by atoms with Crippen molar-refractivity contribution in [2.24, 2.45) is 5.10 Å². The molecule has 1 saturated heterocycles. The SMILES string of the molecule is C[C@@H](C(=O)N1N=C(c2ccc(Cl)cc2)C[C@H]1c1ccco1)[NH+]1CCNC(=O)C1. The van der Waals surface area contributed by atoms with Gasteiger partial charge in [-0.2, -0.15) is 5.10 Å². The first-order valence-corrected chi connectivity index (χ1v) is 9.72. The van der Waals surface area contributed by atoms with Crippen LogP contribution in [0.3, 0.4) is 0 Å². The van der Waals surface area contributed by atoms with Gasteiger partial charge in [-0.05, 0) is 36.8 Å². The van der Waals surface area contributed by atoms with Crippen molar-refractivity contribution in [1.82, 2.24) is 10.3 Å². The van der Waals surface area contributed by atoms with Gasteiger partial charge in [0.25, 0.3) is 5.91 Å². The summed E-state index contributed by atoms with van der Waals surface area (Å²) in [7, 11) is 0. The molecule has 8 heteroatoms. The van der Waals surface area contributed by atoms with Gasteiger partial charge in [-0.25, -0.2) is 5.01 Å². The van der Waals surface area contributed by atoms with E-state index in [9.17, 15) is 9.59 Å². The maximum absolute atomic E-state index is 13.3. The van der Waals surface area contributed by atoms with E-state index in [0.29, 0.717) is 36.8 Å². The number of halogens is 1. The highest BCUT2D eigenvalue weighted by Gasteiger charge is 2.40. The average molecular weight is 402 g/mol. The predicted molar refractivity (Wildman–Crippen MR) is 104 cm³/mol. The van der Waals surface area contributed by atoms with E-state index in [2.05, 4.69) is 10.4 Å². The summed E-state index contributed by atoms with van der Waals surface area (Å²) in [6.07, 6.45) is 2.16. The number of quaternary nitrogens is 1. The fourth-order valence-electron chi connectivity index (χ4n) is 3.70. The first kappa shape index (κ1) is 18.7. The molecule has 2 aliphatic heterocycles. The molecule has 0 bridgehead atoms. The number of carbonyl (C=O) groups is 2. The molecule has 2 aliphatic rings. The monoisotopic (exact) mass is 401 g/mol. The second kappa shape index (κ2) is 7.77. The van der Waals surface area contributed by atoms with E-state index in [0.717, 1.165) is 16.2 Å². The fourth-order valence-corrected chi connectivity index (χ4v) is 3.82. The van der Waals surface area contributed by atoms with Crippen molar-refractivity contribution in [2.45, 2.75) is 25.4 Å². The molecule has 0 saturated carbocycles. The van der Waals surface area contributed by atoms with Crippen molar-refractivity contribution in [3.8, 4) is 0 Å². The van der Waals surface area contributed by atoms with Gasteiger partial charge in [-0.1, -0.05) is 23.7 Å². The first-order chi connectivity index (χ1) is 13.5. The van der Waals surface area contributed by atoms with Crippen molar-refractivity contribution >= 4 is 29.1 Å². The van der Waals surface area contributed by atoms with Gasteiger partial charge in [-0.15, -0.1) is 0 Å². The molecule has 7 nitrogen and oxygen atoms in total. The third kappa shape index (κ3) is 3.68. The minimum Gasteiger partial charge on any atom is -0.467 e. The summed E-state index contributed by atoms with van der Waals surface area (Å²) >= 11 is 5.99. The fraction of sp³-hybridized carbons (Fsp3) is 0.350. The molecule has 1 fully saturated rings. The summed E-state index contributed by atoms with van der Waals surface area (Å²) in [6, 6.07) is 10.4. The molecular weight excluding hydrogens is 380 g/mol. The van der Waals surface area contributed by atoms with Crippen LogP contribution >= 0.6 is 11.6 Å². The average Bonchev–Trinajstić information content (AvgIpc) is 3.37. The molecule has 2 amide bonds. The Balaban J connectivity index is 1.61. The molecule has 146 valence electrons. The van der Waals surface area contributed by atoms with E-state index in [4.69, 9.17) is 16.0 Å². The second-order valence-corrected chi connectivity index (χ2v) is 7.56. The van der Waals surface area contributed by atoms with Gasteiger partial charge >= 0.3 is 5.91 Å². The number of rotatable bonds is 4. The summed E-state index contributed by atoms with van der Waals surface area (Å²) in [6.45, 7) is 3.43. The van der Waals surface area contributed by atoms with Crippen molar-refractivity contribution in [1.29, 1.82) is 0 Å². The van der Waals surface area contributed by atoms with Gasteiger partial charge in [0.2, 0.25) is 0 Å². The Morgan fingerprint density at radius 2 is 2.14 bits per heavy atom. The lowest BCUT2D eigenvalue weighted by molar-refractivity contribution is -0.908. The van der Waals surface area contributed by atoms with Crippen LogP contribution < -0.4 is 10.2 Å². The summed E-state index contributed by atoms with van der Waals surface area (Å²) in [5, 5.41) is 9.62. The smallest absolute Gasteiger partial charge is 0.301 e. The van der Waals surface area contributed by atoms with E-state index in [-0.39, 0.29) is 23.9 Å². The third-order valence-corrected chi connectivity index (χ3v) is 5.58. The molecule has 2 N–H and O–H groups in total. The molecule has 1 unspecified atom stereocenters. The topological polar surface area (TPSA) is 79.3 Å². The number of piperazine rings is 1. The maximum Gasteiger partial charge on any atom is 0.301 e. The van der Waals surface area contributed by atoms with Gasteiger partial charge < -0.3 is 14.6 Å². The Hall–Kier alpha value is -2.64. The number of carbonyl (C=O) groups excluding carboxylic acids is 2. The summed E-state index contributed by atoms with van der Waals surface area (Å²) in [4.78, 5) is 26.0. The van der Waals surface area contributed by atoms with E-state index in [1.807, 2.05) is 43.3 Å². The van der Waals surface area contributed by atoms with Crippen LogP contribution in [0.15, 0.2) is 52.2 Å². The zero-order valence-corrected chi connectivity index (χ0v) is 16.3. The van der Waals surface area contributed by atoms with Crippen molar-refractivity contribution in [3.63, 3.8) is 0 Å². The Morgan fingerprint density at radius 1 is 1.36 bits per heavy atom. The Kier molecular flexibility index (Phi) is 5.19. The van der Waals surface area contributed by atoms with Crippen LogP contribution in [0.25, 0.3) is 0 Å². The van der Waals surface area contributed by atoms with Gasteiger partial charge in [-0.3, -0.25) is 9.59 Å². The highest BCUT2D eigenvalue weighted by Crippen LogP contribution is 2.33. The van der Waals surface area contributed by atoms with Crippen LogP contribution in [-0.4, -0.2) is 48.2 Å². The highest BCUT2D eigenvalue weighted by molar-refractivity contribution is 6.30. The van der Waals surface area contributed by atoms with Crippen LogP contribution in [0.4, 0.5) is 0 Å². The molecule has 0 spiro atoms. The summed E-state index contributed by atoms with van der Waals surface area (Å²) in [5.74, 6) is 0.546. The van der Waals surface area contributed by atoms with Crippen LogP contribution in [0.5, 0.6) is 0 Å². The molecule has 28 heavy (non-hydrogen) atoms. The quantitative estimate of drug-likeness (QED) is 0.802. The van der Waals surface area contributed by atoms with Crippen molar-refractivity contribution < 1.29 is 18.9 Å². The maximum atomic E-state index is 13.3. The molecule has 3 heterocycles. The minimum absolute atomic E-state index is 0.0322. The summed E-state index contributed by atoms with van der Waals surface area (Å²) < 4.78 is 5.58. The number of amides is 2. The van der Waals surface area contributed by atoms with Crippen LogP contribution in [0, 0.1) is 0 Å². The number of furan rings is 1. The molecule has 2 aromatic rings. The molecule has 3 atom stereocenters. The standard InChI is InChI=1S/C20H21ClN4O3/c1-13(24-9-8-22-19(26)12-24)20(27)25-17(18-3-2-10-28-18)11-16(23-25)14-4-6-15(21)7-5-14/h2-7,10,13,17H,8-9,11-12H2,1H3,(H,22,26)/p+1/t13-,17-/m0/s1. The Bertz CT molecular complexity index is 895. The van der Waals surface area contributed by atoms with E-state index < -0.39 is 0 Å². The lowest BCUT2D eigenvalue weighted by Crippen LogP contribution is -3.19. The highest BCUT2D eigenvalue weighted by atomic mass is 35.5. The lowest BCUT2D eigenvalue weighted by Gasteiger charge is -2.30. The second-order valence-electron chi connectivity index (χ2n) is 7.13. The summed E-state index contributed by atoms with van der Waals surface area (Å²) in [5.41, 5.74) is 1.73. The Morgan fingerprint density at radius 3 is 2.82 bits per heavy atom. The van der Waals surface area contributed by atoms with E-state index in [1.54, 1.807) is 6.26 Å². The van der Waals surface area contributed by atoms with Gasteiger partial charge in [0, 0.05) is 11.4 Å². The van der Waals surface area contributed by atoms with Crippen molar-refractivity contribution in [2.75, 3.05) is 19.6 Å². The zero-order valence-electron chi connectivity index (χ0n) is 15.5. The molecule has 0 radical (unpaired) electrons. The molecular formula is C20H22ClN4O3+. The third-order valence-electron chi connectivity index (χ3n) is 5.32. The lowest BCUT2D eigenvalue weighted by atomic mass is 10.0. The molecule has 1 aromatic carbocycles. The number of hydrogen-bond acceptors (Lipinski definition) is 4. The van der Waals surface area contributed by atoms with Gasteiger partial charge in [0.15, 0.2) is 12.6 Å². The number of hydrogen-bond donors (Lipinski definition) is 2. The van der Waals surface area contributed by atoms with Crippen LogP contribution in [0.1, 0.15) is 30.7 Å². The molecule has 0 aliphatic carbocycles. The van der Waals surface area contributed by atoms with Gasteiger partial charge in [0.05, 0.1) is 25.1 Å². The molecule has 1 aromatic heterocycles. The first-order valence-electron chi connectivity index (χ1n) is 9.34. The minimum atomic E-state index is -0.378. The zero-order chi connectivity index (χ0) is 19.7. The number of benzene rings is 1. The van der Waals surface area contributed by atoms with Gasteiger partial charge in [0.1, 0.15) is 11.8 Å². The van der Waals surface area contributed by atoms with E-state index >= 15 is 0 Å². The normalized spacial score (nSPS) is 23.3. The van der Waals surface area contributed by atoms with Crippen LogP contribution in [-0.2, 0) is 9.59 Å². The number of nitrogens with zero attached hydrogens (tertiary/aromatic N) is 2. The largest absolute Gasteiger partial charge is 0.467 e. The number of hydrazone groups is 1. The van der Waals surface area contributed by atoms with Crippen molar-refractivity contribution in [3.05, 3.63) is 59.0 Å². The van der Waals surface area contributed by atoms with Crippen LogP contribution in [0.2, 0.25) is 5.02 Å².